The highest BCUT2D eigenvalue weighted by atomic mass is 127. The van der Waals surface area contributed by atoms with Crippen LogP contribution in [0.5, 0.6) is 0 Å². The molecule has 1 aliphatic heterocycles. The Morgan fingerprint density at radius 2 is 2.17 bits per heavy atom. The maximum absolute atomic E-state index is 6.08. The number of ether oxygens (including phenoxy) is 1. The highest BCUT2D eigenvalue weighted by molar-refractivity contribution is 14.0. The number of benzene rings is 1. The van der Waals surface area contributed by atoms with Crippen molar-refractivity contribution in [3.05, 3.63) is 42.4 Å². The fraction of sp³-hybridized carbons (Fsp3) is 0.375. The van der Waals surface area contributed by atoms with E-state index in [1.807, 2.05) is 42.2 Å². The van der Waals surface area contributed by atoms with Crippen LogP contribution in [0.1, 0.15) is 12.6 Å². The molecule has 1 aromatic heterocycles. The summed E-state index contributed by atoms with van der Waals surface area (Å²) in [5.74, 6) is 1.27. The van der Waals surface area contributed by atoms with Crippen molar-refractivity contribution in [1.82, 2.24) is 9.88 Å². The van der Waals surface area contributed by atoms with Gasteiger partial charge in [0.2, 0.25) is 0 Å². The Labute approximate surface area is 152 Å². The van der Waals surface area contributed by atoms with Crippen molar-refractivity contribution in [1.29, 1.82) is 0 Å². The third-order valence-electron chi connectivity index (χ3n) is 3.63. The SMILES string of the molecule is CC1CN(C(N)=NCc2ncoc2-c2ccccc2)CCO1.I. The van der Waals surface area contributed by atoms with Crippen LogP contribution in [0.4, 0.5) is 0 Å². The van der Waals surface area contributed by atoms with E-state index >= 15 is 0 Å². The van der Waals surface area contributed by atoms with E-state index in [2.05, 4.69) is 9.98 Å². The largest absolute Gasteiger partial charge is 0.443 e. The van der Waals surface area contributed by atoms with Crippen LogP contribution in [0, 0.1) is 0 Å². The molecule has 0 spiro atoms. The van der Waals surface area contributed by atoms with Crippen molar-refractivity contribution in [2.24, 2.45) is 10.7 Å². The molecule has 0 amide bonds. The molecule has 2 heterocycles. The Kier molecular flexibility index (Phi) is 6.40. The lowest BCUT2D eigenvalue weighted by atomic mass is 10.1. The second-order valence-electron chi connectivity index (χ2n) is 5.30. The molecule has 1 fully saturated rings. The summed E-state index contributed by atoms with van der Waals surface area (Å²) < 4.78 is 11.0. The van der Waals surface area contributed by atoms with Gasteiger partial charge < -0.3 is 19.8 Å². The van der Waals surface area contributed by atoms with E-state index in [9.17, 15) is 0 Å². The Morgan fingerprint density at radius 3 is 2.91 bits per heavy atom. The van der Waals surface area contributed by atoms with Gasteiger partial charge in [-0.15, -0.1) is 24.0 Å². The Balaban J connectivity index is 0.00000192. The number of hydrogen-bond acceptors (Lipinski definition) is 4. The van der Waals surface area contributed by atoms with E-state index < -0.39 is 0 Å². The number of rotatable bonds is 3. The molecule has 0 aliphatic carbocycles. The summed E-state index contributed by atoms with van der Waals surface area (Å²) in [5.41, 5.74) is 7.86. The molecule has 1 aliphatic rings. The van der Waals surface area contributed by atoms with Gasteiger partial charge in [0.1, 0.15) is 5.69 Å². The number of oxazole rings is 1. The third kappa shape index (κ3) is 4.44. The van der Waals surface area contributed by atoms with Crippen LogP contribution >= 0.6 is 24.0 Å². The molecule has 0 radical (unpaired) electrons. The summed E-state index contributed by atoms with van der Waals surface area (Å²) in [6.45, 7) is 4.64. The standard InChI is InChI=1S/C16H20N4O2.HI/c1-12-10-20(7-8-21-12)16(17)18-9-14-15(22-11-19-14)13-5-3-2-4-6-13;/h2-6,11-12H,7-10H2,1H3,(H2,17,18);1H. The highest BCUT2D eigenvalue weighted by Crippen LogP contribution is 2.23. The molecule has 3 rings (SSSR count). The average molecular weight is 428 g/mol. The van der Waals surface area contributed by atoms with Crippen LogP contribution in [-0.4, -0.2) is 41.6 Å². The molecule has 0 saturated carbocycles. The molecule has 2 N–H and O–H groups in total. The second-order valence-corrected chi connectivity index (χ2v) is 5.30. The zero-order chi connectivity index (χ0) is 15.4. The first kappa shape index (κ1) is 17.7. The maximum Gasteiger partial charge on any atom is 0.191 e. The average Bonchev–Trinajstić information content (AvgIpc) is 3.02. The summed E-state index contributed by atoms with van der Waals surface area (Å²) in [7, 11) is 0. The monoisotopic (exact) mass is 428 g/mol. The normalized spacial score (nSPS) is 18.6. The number of nitrogens with two attached hydrogens (primary N) is 1. The van der Waals surface area contributed by atoms with Crippen molar-refractivity contribution < 1.29 is 9.15 Å². The summed E-state index contributed by atoms with van der Waals surface area (Å²) in [6.07, 6.45) is 1.62. The highest BCUT2D eigenvalue weighted by Gasteiger charge is 2.18. The number of nitrogens with zero attached hydrogens (tertiary/aromatic N) is 3. The zero-order valence-electron chi connectivity index (χ0n) is 13.0. The molecular formula is C16H21IN4O2. The van der Waals surface area contributed by atoms with Gasteiger partial charge >= 0.3 is 0 Å². The van der Waals surface area contributed by atoms with Crippen molar-refractivity contribution in [3.63, 3.8) is 0 Å². The molecule has 2 aromatic rings. The van der Waals surface area contributed by atoms with Gasteiger partial charge in [0.15, 0.2) is 18.1 Å². The molecule has 1 saturated heterocycles. The molecule has 6 nitrogen and oxygen atoms in total. The molecule has 1 aromatic carbocycles. The quantitative estimate of drug-likeness (QED) is 0.462. The van der Waals surface area contributed by atoms with Crippen molar-refractivity contribution in [2.75, 3.05) is 19.7 Å². The number of hydrogen-bond donors (Lipinski definition) is 1. The smallest absolute Gasteiger partial charge is 0.191 e. The van der Waals surface area contributed by atoms with Crippen molar-refractivity contribution >= 4 is 29.9 Å². The lowest BCUT2D eigenvalue weighted by molar-refractivity contribution is 0.00528. The Hall–Kier alpha value is -1.61. The van der Waals surface area contributed by atoms with Crippen LogP contribution in [-0.2, 0) is 11.3 Å². The first-order valence-electron chi connectivity index (χ1n) is 7.38. The van der Waals surface area contributed by atoms with Gasteiger partial charge in [-0.3, -0.25) is 0 Å². The minimum Gasteiger partial charge on any atom is -0.443 e. The van der Waals surface area contributed by atoms with Crippen LogP contribution in [0.2, 0.25) is 0 Å². The van der Waals surface area contributed by atoms with Gasteiger partial charge in [0.25, 0.3) is 0 Å². The minimum atomic E-state index is 0. The van der Waals surface area contributed by atoms with E-state index in [1.165, 1.54) is 6.39 Å². The molecule has 1 atom stereocenters. The summed E-state index contributed by atoms with van der Waals surface area (Å²) >= 11 is 0. The summed E-state index contributed by atoms with van der Waals surface area (Å²) in [4.78, 5) is 10.7. The Bertz CT molecular complexity index is 645. The summed E-state index contributed by atoms with van der Waals surface area (Å²) in [5, 5.41) is 0. The van der Waals surface area contributed by atoms with Crippen molar-refractivity contribution in [3.8, 4) is 11.3 Å². The molecule has 23 heavy (non-hydrogen) atoms. The summed E-state index contributed by atoms with van der Waals surface area (Å²) in [6, 6.07) is 9.87. The number of halogens is 1. The van der Waals surface area contributed by atoms with Gasteiger partial charge in [-0.2, -0.15) is 0 Å². The number of guanidine groups is 1. The van der Waals surface area contributed by atoms with Gasteiger partial charge in [-0.05, 0) is 6.92 Å². The van der Waals surface area contributed by atoms with E-state index in [4.69, 9.17) is 14.9 Å². The van der Waals surface area contributed by atoms with E-state index in [0.29, 0.717) is 19.1 Å². The zero-order valence-corrected chi connectivity index (χ0v) is 15.3. The first-order valence-corrected chi connectivity index (χ1v) is 7.38. The Morgan fingerprint density at radius 1 is 1.39 bits per heavy atom. The second kappa shape index (κ2) is 8.30. The topological polar surface area (TPSA) is 76.9 Å². The number of aromatic nitrogens is 1. The molecule has 1 unspecified atom stereocenters. The molecular weight excluding hydrogens is 407 g/mol. The minimum absolute atomic E-state index is 0. The fourth-order valence-electron chi connectivity index (χ4n) is 2.49. The predicted octanol–water partition coefficient (Wildman–Crippen LogP) is 2.50. The van der Waals surface area contributed by atoms with Crippen LogP contribution in [0.15, 0.2) is 46.1 Å². The van der Waals surface area contributed by atoms with Gasteiger partial charge in [0, 0.05) is 18.7 Å². The lowest BCUT2D eigenvalue weighted by Crippen LogP contribution is -2.47. The third-order valence-corrected chi connectivity index (χ3v) is 3.63. The fourth-order valence-corrected chi connectivity index (χ4v) is 2.49. The van der Waals surface area contributed by atoms with E-state index in [-0.39, 0.29) is 30.1 Å². The van der Waals surface area contributed by atoms with Crippen molar-refractivity contribution in [2.45, 2.75) is 19.6 Å². The maximum atomic E-state index is 6.08. The van der Waals surface area contributed by atoms with Gasteiger partial charge in [0.05, 0.1) is 19.3 Å². The molecule has 124 valence electrons. The van der Waals surface area contributed by atoms with Crippen LogP contribution in [0.3, 0.4) is 0 Å². The van der Waals surface area contributed by atoms with E-state index in [0.717, 1.165) is 30.1 Å². The number of morpholine rings is 1. The predicted molar refractivity (Wildman–Crippen MR) is 99.7 cm³/mol. The lowest BCUT2D eigenvalue weighted by Gasteiger charge is -2.31. The molecule has 7 heteroatoms. The van der Waals surface area contributed by atoms with E-state index in [1.54, 1.807) is 0 Å². The molecule has 0 bridgehead atoms. The first-order chi connectivity index (χ1) is 10.7. The van der Waals surface area contributed by atoms with Crippen LogP contribution < -0.4 is 5.73 Å². The van der Waals surface area contributed by atoms with Gasteiger partial charge in [-0.25, -0.2) is 9.98 Å². The van der Waals surface area contributed by atoms with Gasteiger partial charge in [-0.1, -0.05) is 30.3 Å². The van der Waals surface area contributed by atoms with Crippen LogP contribution in [0.25, 0.3) is 11.3 Å². The number of aliphatic imine (C=N–C) groups is 1.